The molecule has 1 N–H and O–H groups in total. The van der Waals surface area contributed by atoms with Crippen molar-refractivity contribution in [1.29, 1.82) is 0 Å². The molecule has 2 heterocycles. The Hall–Kier alpha value is -2.36. The molecule has 1 saturated heterocycles. The van der Waals surface area contributed by atoms with Crippen LogP contribution in [0.25, 0.3) is 0 Å². The molecule has 4 rings (SSSR count). The molecule has 0 spiro atoms. The molecule has 150 valence electrons. The number of sulfonamides is 1. The minimum absolute atomic E-state index is 0.0463. The molecule has 0 amide bonds. The first-order valence-corrected chi connectivity index (χ1v) is 10.5. The fraction of sp³-hybridized carbons (Fsp3) is 0.368. The molecule has 0 bridgehead atoms. The molecule has 0 unspecified atom stereocenters. The van der Waals surface area contributed by atoms with Gasteiger partial charge in [-0.25, -0.2) is 12.8 Å². The number of hydrogen-bond acceptors (Lipinski definition) is 5. The van der Waals surface area contributed by atoms with E-state index in [1.54, 1.807) is 0 Å². The summed E-state index contributed by atoms with van der Waals surface area (Å²) in [5.41, 5.74) is 1.12. The van der Waals surface area contributed by atoms with Crippen LogP contribution in [0.2, 0.25) is 0 Å². The molecule has 0 aromatic heterocycles. The van der Waals surface area contributed by atoms with Gasteiger partial charge in [-0.3, -0.25) is 0 Å². The van der Waals surface area contributed by atoms with Gasteiger partial charge in [0, 0.05) is 11.6 Å². The first kappa shape index (κ1) is 19.0. The van der Waals surface area contributed by atoms with E-state index >= 15 is 0 Å². The molecule has 2 aromatic rings. The van der Waals surface area contributed by atoms with Crippen LogP contribution in [-0.2, 0) is 16.6 Å². The van der Waals surface area contributed by atoms with Crippen LogP contribution in [0, 0.1) is 5.82 Å². The molecule has 1 fully saturated rings. The summed E-state index contributed by atoms with van der Waals surface area (Å²) in [5.74, 6) is 0.848. The van der Waals surface area contributed by atoms with Gasteiger partial charge in [0.2, 0.25) is 16.8 Å². The smallest absolute Gasteiger partial charge is 0.243 e. The summed E-state index contributed by atoms with van der Waals surface area (Å²) in [7, 11) is -2.37. The average Bonchev–Trinajstić information content (AvgIpc) is 3.16. The average molecular weight is 409 g/mol. The Kier molecular flexibility index (Phi) is 5.13. The van der Waals surface area contributed by atoms with Gasteiger partial charge in [0.05, 0.1) is 38.2 Å². The Bertz CT molecular complexity index is 974. The van der Waals surface area contributed by atoms with E-state index in [2.05, 4.69) is 0 Å². The minimum atomic E-state index is -3.68. The number of quaternary nitrogens is 1. The van der Waals surface area contributed by atoms with Crippen molar-refractivity contribution in [1.82, 2.24) is 4.31 Å². The number of hydrogen-bond donors (Lipinski definition) is 1. The third kappa shape index (κ3) is 3.65. The van der Waals surface area contributed by atoms with Crippen molar-refractivity contribution < 1.29 is 31.9 Å². The Morgan fingerprint density at radius 1 is 1.11 bits per heavy atom. The van der Waals surface area contributed by atoms with E-state index in [0.29, 0.717) is 26.2 Å². The molecule has 28 heavy (non-hydrogen) atoms. The second kappa shape index (κ2) is 7.57. The van der Waals surface area contributed by atoms with E-state index in [9.17, 15) is 12.8 Å². The second-order valence-corrected chi connectivity index (χ2v) is 8.75. The zero-order valence-corrected chi connectivity index (χ0v) is 16.3. The molecule has 9 heteroatoms. The van der Waals surface area contributed by atoms with Crippen LogP contribution in [0.15, 0.2) is 41.3 Å². The molecule has 2 aliphatic heterocycles. The zero-order chi connectivity index (χ0) is 19.7. The van der Waals surface area contributed by atoms with Crippen LogP contribution in [0.5, 0.6) is 17.2 Å². The molecule has 0 radical (unpaired) electrons. The number of rotatable bonds is 5. The maximum atomic E-state index is 13.6. The minimum Gasteiger partial charge on any atom is -0.494 e. The number of piperazine rings is 1. The van der Waals surface area contributed by atoms with E-state index in [1.807, 2.05) is 18.2 Å². The standard InChI is InChI=1S/C19H21FN2O5S/c1-25-18-11-15(3-4-16(18)20)28(23,24)22-8-6-21(7-9-22)12-14-2-5-17-19(10-14)27-13-26-17/h2-5,10-11H,6-9,12-13H2,1H3/p+1. The van der Waals surface area contributed by atoms with Crippen molar-refractivity contribution in [2.45, 2.75) is 11.4 Å². The van der Waals surface area contributed by atoms with Crippen molar-refractivity contribution in [3.8, 4) is 17.2 Å². The summed E-state index contributed by atoms with van der Waals surface area (Å²) < 4.78 is 56.4. The summed E-state index contributed by atoms with van der Waals surface area (Å²) in [6, 6.07) is 9.51. The first-order valence-electron chi connectivity index (χ1n) is 9.03. The van der Waals surface area contributed by atoms with Crippen LogP contribution in [-0.4, -0.2) is 52.8 Å². The number of halogens is 1. The fourth-order valence-corrected chi connectivity index (χ4v) is 4.97. The Balaban J connectivity index is 1.40. The summed E-state index contributed by atoms with van der Waals surface area (Å²) in [6.07, 6.45) is 0. The third-order valence-corrected chi connectivity index (χ3v) is 6.98. The first-order chi connectivity index (χ1) is 13.5. The SMILES string of the molecule is COc1cc(S(=O)(=O)N2CC[NH+](Cc3ccc4c(c3)OCO4)CC2)ccc1F. The molecule has 7 nitrogen and oxygen atoms in total. The normalized spacial score (nSPS) is 17.6. The lowest BCUT2D eigenvalue weighted by Gasteiger charge is -2.31. The van der Waals surface area contributed by atoms with Gasteiger partial charge in [-0.05, 0) is 30.3 Å². The monoisotopic (exact) mass is 409 g/mol. The van der Waals surface area contributed by atoms with E-state index < -0.39 is 15.8 Å². The third-order valence-electron chi connectivity index (χ3n) is 5.08. The molecule has 2 aliphatic rings. The number of methoxy groups -OCH3 is 1. The summed E-state index contributed by atoms with van der Waals surface area (Å²) in [5, 5.41) is 0. The maximum absolute atomic E-state index is 13.6. The quantitative estimate of drug-likeness (QED) is 0.786. The molecular formula is C19H22FN2O5S+. The van der Waals surface area contributed by atoms with Crippen molar-refractivity contribution in [3.05, 3.63) is 47.8 Å². The second-order valence-electron chi connectivity index (χ2n) is 6.81. The molecule has 0 saturated carbocycles. The van der Waals surface area contributed by atoms with E-state index in [0.717, 1.165) is 29.7 Å². The van der Waals surface area contributed by atoms with Crippen LogP contribution >= 0.6 is 0 Å². The van der Waals surface area contributed by atoms with Crippen molar-refractivity contribution >= 4 is 10.0 Å². The fourth-order valence-electron chi connectivity index (χ4n) is 3.51. The van der Waals surface area contributed by atoms with Gasteiger partial charge in [0.25, 0.3) is 0 Å². The van der Waals surface area contributed by atoms with Crippen molar-refractivity contribution in [3.63, 3.8) is 0 Å². The van der Waals surface area contributed by atoms with Gasteiger partial charge in [-0.1, -0.05) is 0 Å². The van der Waals surface area contributed by atoms with Gasteiger partial charge in [0.15, 0.2) is 23.1 Å². The Labute approximate surface area is 163 Å². The summed E-state index contributed by atoms with van der Waals surface area (Å²) >= 11 is 0. The van der Waals surface area contributed by atoms with Gasteiger partial charge in [0.1, 0.15) is 6.54 Å². The summed E-state index contributed by atoms with van der Waals surface area (Å²) in [4.78, 5) is 1.34. The zero-order valence-electron chi connectivity index (χ0n) is 15.5. The Morgan fingerprint density at radius 2 is 1.86 bits per heavy atom. The van der Waals surface area contributed by atoms with E-state index in [-0.39, 0.29) is 17.4 Å². The number of nitrogens with one attached hydrogen (secondary N) is 1. The van der Waals surface area contributed by atoms with Gasteiger partial charge < -0.3 is 19.1 Å². The maximum Gasteiger partial charge on any atom is 0.243 e. The number of benzene rings is 2. The van der Waals surface area contributed by atoms with Crippen molar-refractivity contribution in [2.75, 3.05) is 40.1 Å². The van der Waals surface area contributed by atoms with Crippen LogP contribution in [0.3, 0.4) is 0 Å². The highest BCUT2D eigenvalue weighted by atomic mass is 32.2. The lowest BCUT2D eigenvalue weighted by Crippen LogP contribution is -3.13. The lowest BCUT2D eigenvalue weighted by molar-refractivity contribution is -0.917. The van der Waals surface area contributed by atoms with E-state index in [4.69, 9.17) is 14.2 Å². The van der Waals surface area contributed by atoms with Crippen molar-refractivity contribution in [2.24, 2.45) is 0 Å². The van der Waals surface area contributed by atoms with Gasteiger partial charge in [-0.2, -0.15) is 4.31 Å². The number of ether oxygens (including phenoxy) is 3. The van der Waals surface area contributed by atoms with Gasteiger partial charge >= 0.3 is 0 Å². The molecule has 2 aromatic carbocycles. The highest BCUT2D eigenvalue weighted by Gasteiger charge is 2.31. The Morgan fingerprint density at radius 3 is 2.61 bits per heavy atom. The largest absolute Gasteiger partial charge is 0.494 e. The topological polar surface area (TPSA) is 69.5 Å². The van der Waals surface area contributed by atoms with Crippen LogP contribution < -0.4 is 19.1 Å². The van der Waals surface area contributed by atoms with Crippen LogP contribution in [0.4, 0.5) is 4.39 Å². The highest BCUT2D eigenvalue weighted by Crippen LogP contribution is 2.32. The van der Waals surface area contributed by atoms with Gasteiger partial charge in [-0.15, -0.1) is 0 Å². The number of nitrogens with zero attached hydrogens (tertiary/aromatic N) is 1. The molecule has 0 aliphatic carbocycles. The predicted molar refractivity (Wildman–Crippen MR) is 98.7 cm³/mol. The molecular weight excluding hydrogens is 387 g/mol. The molecule has 0 atom stereocenters. The van der Waals surface area contributed by atoms with Crippen LogP contribution in [0.1, 0.15) is 5.56 Å². The predicted octanol–water partition coefficient (Wildman–Crippen LogP) is 0.652. The van der Waals surface area contributed by atoms with E-state index in [1.165, 1.54) is 28.4 Å². The number of fused-ring (bicyclic) bond motifs is 1. The highest BCUT2D eigenvalue weighted by molar-refractivity contribution is 7.89. The summed E-state index contributed by atoms with van der Waals surface area (Å²) in [6.45, 7) is 3.22. The lowest BCUT2D eigenvalue weighted by atomic mass is 10.2.